The van der Waals surface area contributed by atoms with Gasteiger partial charge in [-0.1, -0.05) is 0 Å². The molecule has 3 nitrogen and oxygen atoms in total. The van der Waals surface area contributed by atoms with Gasteiger partial charge in [0.2, 0.25) is 0 Å². The van der Waals surface area contributed by atoms with Crippen molar-refractivity contribution in [1.82, 2.24) is 0 Å². The Labute approximate surface area is 48.2 Å². The summed E-state index contributed by atoms with van der Waals surface area (Å²) in [6.45, 7) is 4.54. The monoisotopic (exact) mass is 117 g/mol. The van der Waals surface area contributed by atoms with Crippen LogP contribution in [0.3, 0.4) is 0 Å². The zero-order chi connectivity index (χ0) is 6.41. The van der Waals surface area contributed by atoms with Crippen LogP contribution in [0.1, 0.15) is 0 Å². The van der Waals surface area contributed by atoms with E-state index in [1.165, 1.54) is 0 Å². The normalized spacial score (nSPS) is 12.8. The van der Waals surface area contributed by atoms with Crippen LogP contribution in [0.2, 0.25) is 0 Å². The first-order valence-corrected chi connectivity index (χ1v) is 2.25. The summed E-state index contributed by atoms with van der Waals surface area (Å²) in [5, 5.41) is 16.7. The summed E-state index contributed by atoms with van der Waals surface area (Å²) in [4.78, 5) is 0. The SMILES string of the molecule is [CH]=COCC(O)CO. The molecule has 0 amide bonds. The lowest BCUT2D eigenvalue weighted by atomic mass is 10.4. The second-order valence-electron chi connectivity index (χ2n) is 1.31. The van der Waals surface area contributed by atoms with Crippen LogP contribution in [-0.4, -0.2) is 29.5 Å². The molecule has 0 fully saturated rings. The van der Waals surface area contributed by atoms with E-state index < -0.39 is 6.10 Å². The van der Waals surface area contributed by atoms with Crippen molar-refractivity contribution in [2.75, 3.05) is 13.2 Å². The van der Waals surface area contributed by atoms with Crippen LogP contribution < -0.4 is 0 Å². The fraction of sp³-hybridized carbons (Fsp3) is 0.600. The van der Waals surface area contributed by atoms with Crippen molar-refractivity contribution in [1.29, 1.82) is 0 Å². The summed E-state index contributed by atoms with van der Waals surface area (Å²) in [5.74, 6) is 0. The van der Waals surface area contributed by atoms with Crippen LogP contribution in [-0.2, 0) is 4.74 Å². The van der Waals surface area contributed by atoms with Gasteiger partial charge in [0, 0.05) is 0 Å². The second-order valence-corrected chi connectivity index (χ2v) is 1.31. The molecule has 0 aliphatic heterocycles. The third-order valence-corrected chi connectivity index (χ3v) is 0.596. The van der Waals surface area contributed by atoms with Crippen molar-refractivity contribution in [2.24, 2.45) is 0 Å². The molecule has 0 aromatic carbocycles. The molecule has 0 spiro atoms. The summed E-state index contributed by atoms with van der Waals surface area (Å²) in [5.41, 5.74) is 0. The maximum atomic E-state index is 8.54. The quantitative estimate of drug-likeness (QED) is 0.479. The summed E-state index contributed by atoms with van der Waals surface area (Å²) >= 11 is 0. The van der Waals surface area contributed by atoms with Crippen molar-refractivity contribution in [3.8, 4) is 0 Å². The Kier molecular flexibility index (Phi) is 4.30. The van der Waals surface area contributed by atoms with Crippen LogP contribution in [0.25, 0.3) is 0 Å². The molecule has 3 heteroatoms. The first-order chi connectivity index (χ1) is 3.81. The van der Waals surface area contributed by atoms with E-state index in [9.17, 15) is 0 Å². The summed E-state index contributed by atoms with van der Waals surface area (Å²) < 4.78 is 4.43. The molecule has 1 atom stereocenters. The average molecular weight is 117 g/mol. The highest BCUT2D eigenvalue weighted by atomic mass is 16.5. The maximum Gasteiger partial charge on any atom is 0.115 e. The fourth-order valence-corrected chi connectivity index (χ4v) is 0.219. The molecular formula is C5H9O3. The van der Waals surface area contributed by atoms with Crippen LogP contribution in [0.4, 0.5) is 0 Å². The van der Waals surface area contributed by atoms with Crippen LogP contribution in [0.15, 0.2) is 6.26 Å². The third-order valence-electron chi connectivity index (χ3n) is 0.596. The topological polar surface area (TPSA) is 49.7 Å². The Bertz CT molecular complexity index is 62.7. The van der Waals surface area contributed by atoms with Gasteiger partial charge in [0.1, 0.15) is 12.7 Å². The molecule has 1 radical (unpaired) electrons. The predicted molar refractivity (Wildman–Crippen MR) is 27.9 cm³/mol. The Hall–Kier alpha value is -0.540. The standard InChI is InChI=1S/C5H9O3/c1-2-8-4-5(7)3-6/h1-2,5-7H,3-4H2. The first kappa shape index (κ1) is 7.46. The summed E-state index contributed by atoms with van der Waals surface area (Å²) in [7, 11) is 0. The van der Waals surface area contributed by atoms with E-state index >= 15 is 0 Å². The molecular weight excluding hydrogens is 108 g/mol. The number of ether oxygens (including phenoxy) is 1. The fourth-order valence-electron chi connectivity index (χ4n) is 0.219. The predicted octanol–water partition coefficient (Wildman–Crippen LogP) is -0.697. The number of hydrogen-bond donors (Lipinski definition) is 2. The molecule has 1 unspecified atom stereocenters. The van der Waals surface area contributed by atoms with Gasteiger partial charge >= 0.3 is 0 Å². The van der Waals surface area contributed by atoms with Gasteiger partial charge in [-0.2, -0.15) is 0 Å². The number of hydrogen-bond acceptors (Lipinski definition) is 3. The number of aliphatic hydroxyl groups is 2. The smallest absolute Gasteiger partial charge is 0.115 e. The lowest BCUT2D eigenvalue weighted by molar-refractivity contribution is 0.0385. The van der Waals surface area contributed by atoms with Gasteiger partial charge in [-0.05, 0) is 6.58 Å². The maximum absolute atomic E-state index is 8.54. The summed E-state index contributed by atoms with van der Waals surface area (Å²) in [6, 6.07) is 0. The highest BCUT2D eigenvalue weighted by Gasteiger charge is 1.97. The molecule has 0 aliphatic carbocycles. The zero-order valence-corrected chi connectivity index (χ0v) is 4.45. The van der Waals surface area contributed by atoms with E-state index in [-0.39, 0.29) is 13.2 Å². The van der Waals surface area contributed by atoms with Gasteiger partial charge in [0.25, 0.3) is 0 Å². The molecule has 0 bridgehead atoms. The molecule has 0 saturated heterocycles. The minimum atomic E-state index is -0.824. The largest absolute Gasteiger partial charge is 0.498 e. The van der Waals surface area contributed by atoms with Crippen LogP contribution in [0.5, 0.6) is 0 Å². The highest BCUT2D eigenvalue weighted by Crippen LogP contribution is 1.81. The van der Waals surface area contributed by atoms with Crippen LogP contribution in [0, 0.1) is 6.58 Å². The highest BCUT2D eigenvalue weighted by molar-refractivity contribution is 4.52. The zero-order valence-electron chi connectivity index (χ0n) is 4.45. The van der Waals surface area contributed by atoms with Gasteiger partial charge in [-0.3, -0.25) is 0 Å². The average Bonchev–Trinajstić information content (AvgIpc) is 1.83. The van der Waals surface area contributed by atoms with Gasteiger partial charge in [0.15, 0.2) is 0 Å². The Balaban J connectivity index is 2.97. The minimum Gasteiger partial charge on any atom is -0.498 e. The molecule has 0 rings (SSSR count). The van der Waals surface area contributed by atoms with Gasteiger partial charge in [0.05, 0.1) is 12.9 Å². The summed E-state index contributed by atoms with van der Waals surface area (Å²) in [6.07, 6.45) is 0.147. The van der Waals surface area contributed by atoms with E-state index in [2.05, 4.69) is 4.74 Å². The Morgan fingerprint density at radius 2 is 2.38 bits per heavy atom. The van der Waals surface area contributed by atoms with Gasteiger partial charge < -0.3 is 14.9 Å². The molecule has 0 aromatic rings. The molecule has 8 heavy (non-hydrogen) atoms. The Morgan fingerprint density at radius 1 is 1.75 bits per heavy atom. The molecule has 0 aliphatic rings. The molecule has 0 heterocycles. The van der Waals surface area contributed by atoms with E-state index in [0.29, 0.717) is 0 Å². The third kappa shape index (κ3) is 3.64. The minimum absolute atomic E-state index is 0.0486. The first-order valence-electron chi connectivity index (χ1n) is 2.25. The molecule has 47 valence electrons. The lowest BCUT2D eigenvalue weighted by Crippen LogP contribution is -2.17. The molecule has 2 N–H and O–H groups in total. The van der Waals surface area contributed by atoms with E-state index in [1.54, 1.807) is 0 Å². The number of aliphatic hydroxyl groups excluding tert-OH is 2. The van der Waals surface area contributed by atoms with E-state index in [4.69, 9.17) is 16.8 Å². The van der Waals surface area contributed by atoms with E-state index in [1.807, 2.05) is 0 Å². The van der Waals surface area contributed by atoms with Crippen molar-refractivity contribution in [2.45, 2.75) is 6.10 Å². The van der Waals surface area contributed by atoms with Crippen molar-refractivity contribution >= 4 is 0 Å². The molecule has 0 aromatic heterocycles. The second kappa shape index (κ2) is 4.61. The van der Waals surface area contributed by atoms with Gasteiger partial charge in [-0.15, -0.1) is 0 Å². The van der Waals surface area contributed by atoms with Crippen molar-refractivity contribution in [3.63, 3.8) is 0 Å². The Morgan fingerprint density at radius 3 is 2.75 bits per heavy atom. The molecule has 0 saturated carbocycles. The van der Waals surface area contributed by atoms with Crippen molar-refractivity contribution < 1.29 is 14.9 Å². The lowest BCUT2D eigenvalue weighted by Gasteiger charge is -2.03. The van der Waals surface area contributed by atoms with Gasteiger partial charge in [-0.25, -0.2) is 0 Å². The van der Waals surface area contributed by atoms with Crippen molar-refractivity contribution in [3.05, 3.63) is 12.8 Å². The van der Waals surface area contributed by atoms with Crippen LogP contribution >= 0.6 is 0 Å². The number of rotatable bonds is 4. The van der Waals surface area contributed by atoms with E-state index in [0.717, 1.165) is 6.26 Å².